The van der Waals surface area contributed by atoms with Crippen LogP contribution in [0.1, 0.15) is 50.2 Å². The molecule has 1 saturated carbocycles. The van der Waals surface area contributed by atoms with Crippen LogP contribution >= 0.6 is 0 Å². The van der Waals surface area contributed by atoms with Crippen LogP contribution in [-0.4, -0.2) is 28.8 Å². The molecule has 4 nitrogen and oxygen atoms in total. The summed E-state index contributed by atoms with van der Waals surface area (Å²) in [4.78, 5) is 27.3. The monoisotopic (exact) mass is 396 g/mol. The first-order chi connectivity index (χ1) is 14.0. The van der Waals surface area contributed by atoms with Crippen LogP contribution in [0.2, 0.25) is 0 Å². The summed E-state index contributed by atoms with van der Waals surface area (Å²) >= 11 is 0. The molecule has 154 valence electrons. The Labute approximate surface area is 172 Å². The molecule has 2 amide bonds. The molecule has 1 N–H and O–H groups in total. The summed E-state index contributed by atoms with van der Waals surface area (Å²) in [6.07, 6.45) is 5.06. The van der Waals surface area contributed by atoms with E-state index in [1.807, 2.05) is 30.3 Å². The van der Waals surface area contributed by atoms with Gasteiger partial charge >= 0.3 is 0 Å². The Bertz CT molecular complexity index is 819. The summed E-state index contributed by atoms with van der Waals surface area (Å²) in [6.45, 7) is 1.81. The highest BCUT2D eigenvalue weighted by molar-refractivity contribution is 5.87. The van der Waals surface area contributed by atoms with Crippen LogP contribution in [0.4, 0.5) is 4.39 Å². The van der Waals surface area contributed by atoms with Crippen LogP contribution < -0.4 is 5.32 Å². The fourth-order valence-electron chi connectivity index (χ4n) is 3.82. The van der Waals surface area contributed by atoms with E-state index >= 15 is 0 Å². The smallest absolute Gasteiger partial charge is 0.242 e. The molecule has 0 aromatic heterocycles. The average Bonchev–Trinajstić information content (AvgIpc) is 3.24. The lowest BCUT2D eigenvalue weighted by atomic mass is 10.1. The van der Waals surface area contributed by atoms with Gasteiger partial charge in [-0.05, 0) is 37.8 Å². The van der Waals surface area contributed by atoms with Crippen molar-refractivity contribution in [3.05, 3.63) is 71.5 Å². The SMILES string of the molecule is C[C@@H](C(=O)NC1CCCC1)N(Cc1ccccc1F)C(=O)CCc1ccccc1. The third-order valence-corrected chi connectivity index (χ3v) is 5.64. The number of amides is 2. The molecule has 0 radical (unpaired) electrons. The lowest BCUT2D eigenvalue weighted by Gasteiger charge is -2.30. The van der Waals surface area contributed by atoms with Gasteiger partial charge in [-0.1, -0.05) is 61.4 Å². The molecule has 1 aliphatic carbocycles. The van der Waals surface area contributed by atoms with E-state index in [0.29, 0.717) is 12.0 Å². The third-order valence-electron chi connectivity index (χ3n) is 5.64. The highest BCUT2D eigenvalue weighted by Crippen LogP contribution is 2.19. The van der Waals surface area contributed by atoms with E-state index in [0.717, 1.165) is 31.2 Å². The Morgan fingerprint density at radius 2 is 1.72 bits per heavy atom. The van der Waals surface area contributed by atoms with Crippen LogP contribution in [0.25, 0.3) is 0 Å². The Morgan fingerprint density at radius 3 is 2.41 bits per heavy atom. The van der Waals surface area contributed by atoms with E-state index < -0.39 is 6.04 Å². The van der Waals surface area contributed by atoms with Gasteiger partial charge in [0.1, 0.15) is 11.9 Å². The number of nitrogens with one attached hydrogen (secondary N) is 1. The topological polar surface area (TPSA) is 49.4 Å². The van der Waals surface area contributed by atoms with Gasteiger partial charge in [0.05, 0.1) is 0 Å². The maximum Gasteiger partial charge on any atom is 0.242 e. The number of rotatable bonds is 8. The molecule has 0 unspecified atom stereocenters. The Balaban J connectivity index is 1.71. The normalized spacial score (nSPS) is 15.1. The Kier molecular flexibility index (Phi) is 7.39. The number of carbonyl (C=O) groups excluding carboxylic acids is 2. The zero-order valence-corrected chi connectivity index (χ0v) is 16.9. The summed E-state index contributed by atoms with van der Waals surface area (Å²) in [7, 11) is 0. The predicted molar refractivity (Wildman–Crippen MR) is 112 cm³/mol. The van der Waals surface area contributed by atoms with Crippen LogP contribution in [-0.2, 0) is 22.6 Å². The lowest BCUT2D eigenvalue weighted by Crippen LogP contribution is -2.49. The average molecular weight is 397 g/mol. The van der Waals surface area contributed by atoms with Gasteiger partial charge < -0.3 is 10.2 Å². The van der Waals surface area contributed by atoms with Crippen molar-refractivity contribution < 1.29 is 14.0 Å². The van der Waals surface area contributed by atoms with E-state index in [1.54, 1.807) is 25.1 Å². The van der Waals surface area contributed by atoms with Gasteiger partial charge in [0.25, 0.3) is 0 Å². The summed E-state index contributed by atoms with van der Waals surface area (Å²) in [5, 5.41) is 3.06. The summed E-state index contributed by atoms with van der Waals surface area (Å²) in [5.41, 5.74) is 1.48. The van der Waals surface area contributed by atoms with Gasteiger partial charge in [-0.3, -0.25) is 9.59 Å². The molecule has 3 rings (SSSR count). The predicted octanol–water partition coefficient (Wildman–Crippen LogP) is 4.23. The minimum atomic E-state index is -0.654. The van der Waals surface area contributed by atoms with E-state index in [1.165, 1.54) is 11.0 Å². The first-order valence-electron chi connectivity index (χ1n) is 10.4. The Hall–Kier alpha value is -2.69. The fraction of sp³-hybridized carbons (Fsp3) is 0.417. The molecule has 0 bridgehead atoms. The van der Waals surface area contributed by atoms with Crippen molar-refractivity contribution in [2.45, 2.75) is 64.1 Å². The molecule has 2 aromatic rings. The maximum absolute atomic E-state index is 14.2. The second-order valence-electron chi connectivity index (χ2n) is 7.76. The molecule has 0 saturated heterocycles. The number of hydrogen-bond acceptors (Lipinski definition) is 2. The molecule has 0 heterocycles. The maximum atomic E-state index is 14.2. The van der Waals surface area contributed by atoms with Gasteiger partial charge in [-0.15, -0.1) is 0 Å². The number of carbonyl (C=O) groups is 2. The molecule has 0 spiro atoms. The molecule has 1 aliphatic rings. The minimum absolute atomic E-state index is 0.0829. The quantitative estimate of drug-likeness (QED) is 0.726. The first kappa shape index (κ1) is 21.0. The Morgan fingerprint density at radius 1 is 1.07 bits per heavy atom. The number of benzene rings is 2. The van der Waals surface area contributed by atoms with E-state index in [9.17, 15) is 14.0 Å². The van der Waals surface area contributed by atoms with Crippen molar-refractivity contribution in [1.82, 2.24) is 10.2 Å². The van der Waals surface area contributed by atoms with Crippen LogP contribution in [0.15, 0.2) is 54.6 Å². The van der Waals surface area contributed by atoms with Gasteiger partial charge in [0.15, 0.2) is 0 Å². The van der Waals surface area contributed by atoms with Crippen LogP contribution in [0.5, 0.6) is 0 Å². The van der Waals surface area contributed by atoms with Crippen LogP contribution in [0.3, 0.4) is 0 Å². The number of hydrogen-bond donors (Lipinski definition) is 1. The third kappa shape index (κ3) is 5.89. The largest absolute Gasteiger partial charge is 0.352 e. The second kappa shape index (κ2) is 10.2. The fourth-order valence-corrected chi connectivity index (χ4v) is 3.82. The van der Waals surface area contributed by atoms with Gasteiger partial charge in [0, 0.05) is 24.6 Å². The summed E-state index contributed by atoms with van der Waals surface area (Å²) < 4.78 is 14.2. The number of nitrogens with zero attached hydrogens (tertiary/aromatic N) is 1. The molecule has 29 heavy (non-hydrogen) atoms. The summed E-state index contributed by atoms with van der Waals surface area (Å²) in [6, 6.07) is 15.7. The minimum Gasteiger partial charge on any atom is -0.352 e. The highest BCUT2D eigenvalue weighted by Gasteiger charge is 2.28. The van der Waals surface area contributed by atoms with Crippen molar-refractivity contribution in [2.24, 2.45) is 0 Å². The molecule has 5 heteroatoms. The van der Waals surface area contributed by atoms with Crippen molar-refractivity contribution in [3.63, 3.8) is 0 Å². The first-order valence-corrected chi connectivity index (χ1v) is 10.4. The zero-order valence-electron chi connectivity index (χ0n) is 16.9. The molecule has 2 aromatic carbocycles. The molecular formula is C24H29FN2O2. The van der Waals surface area contributed by atoms with Crippen molar-refractivity contribution in [3.8, 4) is 0 Å². The van der Waals surface area contributed by atoms with Crippen LogP contribution in [0, 0.1) is 5.82 Å². The van der Waals surface area contributed by atoms with Gasteiger partial charge in [-0.25, -0.2) is 4.39 Å². The van der Waals surface area contributed by atoms with E-state index in [2.05, 4.69) is 5.32 Å². The second-order valence-corrected chi connectivity index (χ2v) is 7.76. The molecular weight excluding hydrogens is 367 g/mol. The van der Waals surface area contributed by atoms with Gasteiger partial charge in [0.2, 0.25) is 11.8 Å². The van der Waals surface area contributed by atoms with E-state index in [4.69, 9.17) is 0 Å². The molecule has 1 atom stereocenters. The zero-order chi connectivity index (χ0) is 20.6. The summed E-state index contributed by atoms with van der Waals surface area (Å²) in [5.74, 6) is -0.677. The standard InChI is InChI=1S/C24H29FN2O2/c1-18(24(29)26-21-12-6-7-13-21)27(17-20-11-5-8-14-22(20)25)23(28)16-15-19-9-3-2-4-10-19/h2-5,8-11,14,18,21H,6-7,12-13,15-17H2,1H3,(H,26,29)/t18-/m0/s1. The van der Waals surface area contributed by atoms with E-state index in [-0.39, 0.29) is 36.6 Å². The number of halogens is 1. The highest BCUT2D eigenvalue weighted by atomic mass is 19.1. The van der Waals surface area contributed by atoms with Crippen molar-refractivity contribution >= 4 is 11.8 Å². The van der Waals surface area contributed by atoms with Crippen molar-refractivity contribution in [2.75, 3.05) is 0 Å². The molecule has 1 fully saturated rings. The molecule has 0 aliphatic heterocycles. The number of aryl methyl sites for hydroxylation is 1. The van der Waals surface area contributed by atoms with Gasteiger partial charge in [-0.2, -0.15) is 0 Å². The van der Waals surface area contributed by atoms with Crippen molar-refractivity contribution in [1.29, 1.82) is 0 Å². The lowest BCUT2D eigenvalue weighted by molar-refractivity contribution is -0.140.